The first-order chi connectivity index (χ1) is 12.7. The van der Waals surface area contributed by atoms with Crippen molar-refractivity contribution in [2.24, 2.45) is 0 Å². The van der Waals surface area contributed by atoms with Gasteiger partial charge in [-0.05, 0) is 62.4 Å². The summed E-state index contributed by atoms with van der Waals surface area (Å²) in [7, 11) is 1.81. The summed E-state index contributed by atoms with van der Waals surface area (Å²) in [6, 6.07) is 14.1. The Labute approximate surface area is 171 Å². The Hall–Kier alpha value is -1.71. The van der Waals surface area contributed by atoms with Gasteiger partial charge in [0.15, 0.2) is 0 Å². The van der Waals surface area contributed by atoms with Crippen LogP contribution in [-0.2, 0) is 4.74 Å². The van der Waals surface area contributed by atoms with E-state index in [1.165, 1.54) is 5.56 Å². The minimum atomic E-state index is -0.512. The number of amides is 1. The number of nitrogens with zero attached hydrogens (tertiary/aromatic N) is 1. The molecule has 1 aliphatic rings. The third-order valence-corrected chi connectivity index (χ3v) is 5.69. The largest absolute Gasteiger partial charge is 0.444 e. The Balaban J connectivity index is 1.92. The van der Waals surface area contributed by atoms with Gasteiger partial charge in [0, 0.05) is 13.0 Å². The van der Waals surface area contributed by atoms with Gasteiger partial charge in [-0.2, -0.15) is 0 Å². The first-order valence-electron chi connectivity index (χ1n) is 9.17. The molecule has 2 aromatic carbocycles. The third kappa shape index (κ3) is 4.41. The van der Waals surface area contributed by atoms with Crippen LogP contribution >= 0.6 is 23.2 Å². The zero-order valence-electron chi connectivity index (χ0n) is 16.1. The van der Waals surface area contributed by atoms with Gasteiger partial charge in [-0.1, -0.05) is 53.5 Å². The fourth-order valence-corrected chi connectivity index (χ4v) is 4.01. The molecule has 1 amide bonds. The minimum absolute atomic E-state index is 0.00456. The van der Waals surface area contributed by atoms with Crippen LogP contribution in [0, 0.1) is 0 Å². The molecule has 0 heterocycles. The molecule has 27 heavy (non-hydrogen) atoms. The maximum atomic E-state index is 12.6. The number of hydrogen-bond acceptors (Lipinski definition) is 2. The summed E-state index contributed by atoms with van der Waals surface area (Å²) in [5, 5.41) is 1.13. The summed E-state index contributed by atoms with van der Waals surface area (Å²) in [5.74, 6) is 0.235. The van der Waals surface area contributed by atoms with Gasteiger partial charge < -0.3 is 9.64 Å². The molecule has 0 unspecified atom stereocenters. The molecular weight excluding hydrogens is 381 g/mol. The molecule has 0 aliphatic heterocycles. The molecule has 2 atom stereocenters. The normalized spacial score (nSPS) is 19.3. The van der Waals surface area contributed by atoms with Gasteiger partial charge >= 0.3 is 6.09 Å². The quantitative estimate of drug-likeness (QED) is 0.547. The maximum Gasteiger partial charge on any atom is 0.410 e. The van der Waals surface area contributed by atoms with Crippen LogP contribution in [0.4, 0.5) is 4.79 Å². The smallest absolute Gasteiger partial charge is 0.410 e. The Morgan fingerprint density at radius 1 is 1.04 bits per heavy atom. The lowest BCUT2D eigenvalue weighted by Gasteiger charge is -2.37. The lowest BCUT2D eigenvalue weighted by molar-refractivity contribution is 0.0202. The maximum absolute atomic E-state index is 12.6. The molecule has 0 saturated carbocycles. The molecule has 3 rings (SSSR count). The molecule has 5 heteroatoms. The van der Waals surface area contributed by atoms with Gasteiger partial charge in [0.2, 0.25) is 0 Å². The highest BCUT2D eigenvalue weighted by molar-refractivity contribution is 6.42. The van der Waals surface area contributed by atoms with E-state index >= 15 is 0 Å². The number of carbonyl (C=O) groups is 1. The first kappa shape index (κ1) is 20.0. The fourth-order valence-electron chi connectivity index (χ4n) is 3.71. The predicted molar refractivity (Wildman–Crippen MR) is 111 cm³/mol. The SMILES string of the molecule is CN(C(=O)OC(C)(C)C)[C@@H]1CC[C@@H](c2ccc(Cl)c(Cl)c2)c2ccccc21. The Bertz CT molecular complexity index is 844. The molecule has 0 bridgehead atoms. The highest BCUT2D eigenvalue weighted by Crippen LogP contribution is 2.44. The number of fused-ring (bicyclic) bond motifs is 1. The molecule has 0 N–H and O–H groups in total. The van der Waals surface area contributed by atoms with Crippen LogP contribution in [0.25, 0.3) is 0 Å². The Morgan fingerprint density at radius 3 is 2.33 bits per heavy atom. The van der Waals surface area contributed by atoms with Crippen molar-refractivity contribution in [3.63, 3.8) is 0 Å². The molecule has 1 aliphatic carbocycles. The number of rotatable bonds is 2. The van der Waals surface area contributed by atoms with Crippen molar-refractivity contribution in [1.29, 1.82) is 0 Å². The molecule has 2 aromatic rings. The number of ether oxygens (including phenoxy) is 1. The van der Waals surface area contributed by atoms with Crippen LogP contribution in [0.2, 0.25) is 10.0 Å². The van der Waals surface area contributed by atoms with Gasteiger partial charge in [-0.3, -0.25) is 0 Å². The molecule has 0 aromatic heterocycles. The molecular formula is C22H25Cl2NO2. The van der Waals surface area contributed by atoms with E-state index in [1.807, 2.05) is 58.2 Å². The van der Waals surface area contributed by atoms with E-state index in [1.54, 1.807) is 4.90 Å². The number of halogens is 2. The molecule has 144 valence electrons. The topological polar surface area (TPSA) is 29.5 Å². The average molecular weight is 406 g/mol. The Morgan fingerprint density at radius 2 is 1.70 bits per heavy atom. The first-order valence-corrected chi connectivity index (χ1v) is 9.92. The van der Waals surface area contributed by atoms with Crippen molar-refractivity contribution in [3.05, 3.63) is 69.2 Å². The van der Waals surface area contributed by atoms with Gasteiger partial charge in [-0.25, -0.2) is 4.79 Å². The summed E-state index contributed by atoms with van der Waals surface area (Å²) in [6.45, 7) is 5.65. The lowest BCUT2D eigenvalue weighted by Crippen LogP contribution is -2.38. The predicted octanol–water partition coefficient (Wildman–Crippen LogP) is 6.83. The highest BCUT2D eigenvalue weighted by atomic mass is 35.5. The van der Waals surface area contributed by atoms with Crippen LogP contribution in [0.5, 0.6) is 0 Å². The van der Waals surface area contributed by atoms with Crippen molar-refractivity contribution < 1.29 is 9.53 Å². The van der Waals surface area contributed by atoms with Crippen LogP contribution in [0.15, 0.2) is 42.5 Å². The second-order valence-electron chi connectivity index (χ2n) is 8.04. The molecule has 0 spiro atoms. The number of carbonyl (C=O) groups excluding carboxylic acids is 1. The lowest BCUT2D eigenvalue weighted by atomic mass is 9.76. The highest BCUT2D eigenvalue weighted by Gasteiger charge is 2.33. The van der Waals surface area contributed by atoms with E-state index in [4.69, 9.17) is 27.9 Å². The second-order valence-corrected chi connectivity index (χ2v) is 8.85. The van der Waals surface area contributed by atoms with Gasteiger partial charge in [0.05, 0.1) is 16.1 Å². The zero-order valence-corrected chi connectivity index (χ0v) is 17.6. The van der Waals surface area contributed by atoms with Crippen molar-refractivity contribution in [1.82, 2.24) is 4.90 Å². The average Bonchev–Trinajstić information content (AvgIpc) is 2.61. The van der Waals surface area contributed by atoms with Crippen LogP contribution < -0.4 is 0 Å². The standard InChI is InChI=1S/C22H25Cl2NO2/c1-22(2,3)27-21(26)25(4)20-12-10-15(16-7-5-6-8-17(16)20)14-9-11-18(23)19(24)13-14/h5-9,11,13,15,20H,10,12H2,1-4H3/t15-,20+/m0/s1. The molecule has 0 radical (unpaired) electrons. The second kappa shape index (κ2) is 7.73. The van der Waals surface area contributed by atoms with Crippen molar-refractivity contribution in [2.75, 3.05) is 7.05 Å². The van der Waals surface area contributed by atoms with Crippen LogP contribution in [0.3, 0.4) is 0 Å². The minimum Gasteiger partial charge on any atom is -0.444 e. The van der Waals surface area contributed by atoms with E-state index < -0.39 is 5.60 Å². The fraction of sp³-hybridized carbons (Fsp3) is 0.409. The molecule has 3 nitrogen and oxygen atoms in total. The van der Waals surface area contributed by atoms with Crippen LogP contribution in [-0.4, -0.2) is 23.6 Å². The van der Waals surface area contributed by atoms with Crippen LogP contribution in [0.1, 0.15) is 62.3 Å². The molecule has 0 fully saturated rings. The Kier molecular flexibility index (Phi) is 5.73. The van der Waals surface area contributed by atoms with Crippen molar-refractivity contribution >= 4 is 29.3 Å². The van der Waals surface area contributed by atoms with Gasteiger partial charge in [0.1, 0.15) is 5.60 Å². The van der Waals surface area contributed by atoms with Gasteiger partial charge in [-0.15, -0.1) is 0 Å². The van der Waals surface area contributed by atoms with Gasteiger partial charge in [0.25, 0.3) is 0 Å². The monoisotopic (exact) mass is 405 g/mol. The van der Waals surface area contributed by atoms with Crippen molar-refractivity contribution in [3.8, 4) is 0 Å². The summed E-state index contributed by atoms with van der Waals surface area (Å²) < 4.78 is 5.56. The number of benzene rings is 2. The summed E-state index contributed by atoms with van der Waals surface area (Å²) in [4.78, 5) is 14.3. The summed E-state index contributed by atoms with van der Waals surface area (Å²) in [6.07, 6.45) is 1.49. The summed E-state index contributed by atoms with van der Waals surface area (Å²) in [5.41, 5.74) is 3.02. The van der Waals surface area contributed by atoms with E-state index in [-0.39, 0.29) is 18.1 Å². The summed E-state index contributed by atoms with van der Waals surface area (Å²) >= 11 is 12.3. The molecule has 0 saturated heterocycles. The van der Waals surface area contributed by atoms with E-state index in [2.05, 4.69) is 12.1 Å². The van der Waals surface area contributed by atoms with Crippen molar-refractivity contribution in [2.45, 2.75) is 51.2 Å². The zero-order chi connectivity index (χ0) is 19.8. The van der Waals surface area contributed by atoms with E-state index in [0.29, 0.717) is 10.0 Å². The number of hydrogen-bond donors (Lipinski definition) is 0. The van der Waals surface area contributed by atoms with E-state index in [0.717, 1.165) is 24.0 Å². The van der Waals surface area contributed by atoms with E-state index in [9.17, 15) is 4.79 Å². The third-order valence-electron chi connectivity index (χ3n) is 4.95.